The number of carboxylic acids is 1. The lowest BCUT2D eigenvalue weighted by molar-refractivity contribution is -0.137. The summed E-state index contributed by atoms with van der Waals surface area (Å²) in [6.45, 7) is 3.06. The molecule has 15 heavy (non-hydrogen) atoms. The summed E-state index contributed by atoms with van der Waals surface area (Å²) in [7, 11) is 0. The molecule has 0 aliphatic carbocycles. The first-order chi connectivity index (χ1) is 7.16. The van der Waals surface area contributed by atoms with Crippen LogP contribution in [0.4, 0.5) is 0 Å². The minimum Gasteiger partial charge on any atom is -0.481 e. The van der Waals surface area contributed by atoms with Gasteiger partial charge < -0.3 is 15.2 Å². The lowest BCUT2D eigenvalue weighted by atomic mass is 10.2. The van der Waals surface area contributed by atoms with E-state index in [0.29, 0.717) is 19.6 Å². The predicted octanol–water partition coefficient (Wildman–Crippen LogP) is 0.784. The quantitative estimate of drug-likeness (QED) is 0.560. The molecule has 0 rings (SSSR count). The van der Waals surface area contributed by atoms with Crippen molar-refractivity contribution in [1.29, 1.82) is 0 Å². The maximum absolute atomic E-state index is 11.0. The molecule has 5 nitrogen and oxygen atoms in total. The van der Waals surface area contributed by atoms with Crippen LogP contribution in [0.3, 0.4) is 0 Å². The Morgan fingerprint density at radius 1 is 1.27 bits per heavy atom. The van der Waals surface area contributed by atoms with E-state index in [1.165, 1.54) is 0 Å². The molecule has 0 aromatic carbocycles. The van der Waals surface area contributed by atoms with E-state index in [2.05, 4.69) is 5.32 Å². The number of rotatable bonds is 9. The van der Waals surface area contributed by atoms with Crippen molar-refractivity contribution in [3.05, 3.63) is 0 Å². The van der Waals surface area contributed by atoms with Gasteiger partial charge in [0.25, 0.3) is 0 Å². The fraction of sp³-hybridized carbons (Fsp3) is 0.800. The van der Waals surface area contributed by atoms with Gasteiger partial charge >= 0.3 is 5.97 Å². The summed E-state index contributed by atoms with van der Waals surface area (Å²) in [6, 6.07) is 0. The predicted molar refractivity (Wildman–Crippen MR) is 55.6 cm³/mol. The topological polar surface area (TPSA) is 75.6 Å². The molecule has 0 fully saturated rings. The fourth-order valence-corrected chi connectivity index (χ4v) is 1.05. The highest BCUT2D eigenvalue weighted by molar-refractivity contribution is 5.77. The van der Waals surface area contributed by atoms with Crippen LogP contribution < -0.4 is 5.32 Å². The van der Waals surface area contributed by atoms with E-state index in [0.717, 1.165) is 12.8 Å². The molecule has 0 atom stereocenters. The Kier molecular flexibility index (Phi) is 8.76. The Labute approximate surface area is 89.8 Å². The van der Waals surface area contributed by atoms with Crippen LogP contribution in [0.2, 0.25) is 0 Å². The molecular weight excluding hydrogens is 198 g/mol. The number of unbranched alkanes of at least 4 members (excludes halogenated alkanes) is 2. The number of nitrogens with one attached hydrogen (secondary N) is 1. The van der Waals surface area contributed by atoms with E-state index in [4.69, 9.17) is 9.84 Å². The van der Waals surface area contributed by atoms with Crippen molar-refractivity contribution in [3.8, 4) is 0 Å². The zero-order valence-electron chi connectivity index (χ0n) is 9.12. The molecule has 0 aliphatic heterocycles. The number of carboxylic acid groups (broad SMARTS) is 1. The van der Waals surface area contributed by atoms with Crippen LogP contribution in [0.5, 0.6) is 0 Å². The van der Waals surface area contributed by atoms with Crippen LogP contribution in [-0.4, -0.2) is 36.7 Å². The molecule has 0 aromatic heterocycles. The molecule has 2 N–H and O–H groups in total. The van der Waals surface area contributed by atoms with E-state index >= 15 is 0 Å². The Morgan fingerprint density at radius 2 is 2.00 bits per heavy atom. The monoisotopic (exact) mass is 217 g/mol. The number of ether oxygens (including phenoxy) is 1. The Balaban J connectivity index is 3.16. The van der Waals surface area contributed by atoms with Crippen molar-refractivity contribution in [1.82, 2.24) is 5.32 Å². The molecule has 0 aromatic rings. The first-order valence-corrected chi connectivity index (χ1v) is 5.23. The number of amides is 1. The fourth-order valence-electron chi connectivity index (χ4n) is 1.05. The van der Waals surface area contributed by atoms with Gasteiger partial charge in [-0.2, -0.15) is 0 Å². The number of carbonyl (C=O) groups is 2. The van der Waals surface area contributed by atoms with Gasteiger partial charge in [-0.3, -0.25) is 9.59 Å². The highest BCUT2D eigenvalue weighted by Crippen LogP contribution is 1.98. The number of carbonyl (C=O) groups excluding carboxylic acids is 1. The standard InChI is InChI=1S/C10H19NO4/c1-2-15-8-9(12)11-7-5-3-4-6-10(13)14/h2-8H2,1H3,(H,11,12)(H,13,14). The third-order valence-electron chi connectivity index (χ3n) is 1.83. The van der Waals surface area contributed by atoms with Crippen LogP contribution in [0.25, 0.3) is 0 Å². The summed E-state index contributed by atoms with van der Waals surface area (Å²) < 4.78 is 4.92. The van der Waals surface area contributed by atoms with Gasteiger partial charge in [0.15, 0.2) is 0 Å². The summed E-state index contributed by atoms with van der Waals surface area (Å²) in [5.41, 5.74) is 0. The van der Waals surface area contributed by atoms with Crippen molar-refractivity contribution in [3.63, 3.8) is 0 Å². The maximum Gasteiger partial charge on any atom is 0.303 e. The summed E-state index contributed by atoms with van der Waals surface area (Å²) in [5, 5.41) is 11.1. The molecular formula is C10H19NO4. The van der Waals surface area contributed by atoms with Gasteiger partial charge in [-0.05, 0) is 19.8 Å². The van der Waals surface area contributed by atoms with Crippen LogP contribution >= 0.6 is 0 Å². The average molecular weight is 217 g/mol. The molecule has 0 radical (unpaired) electrons. The minimum absolute atomic E-state index is 0.103. The van der Waals surface area contributed by atoms with Crippen LogP contribution in [0.15, 0.2) is 0 Å². The summed E-state index contributed by atoms with van der Waals surface area (Å²) in [4.78, 5) is 21.2. The first kappa shape index (κ1) is 13.9. The zero-order chi connectivity index (χ0) is 11.5. The molecule has 0 saturated carbocycles. The van der Waals surface area contributed by atoms with Gasteiger partial charge in [-0.15, -0.1) is 0 Å². The number of hydrogen-bond donors (Lipinski definition) is 2. The first-order valence-electron chi connectivity index (χ1n) is 5.23. The lowest BCUT2D eigenvalue weighted by Crippen LogP contribution is -2.28. The molecule has 0 aliphatic rings. The molecule has 0 heterocycles. The van der Waals surface area contributed by atoms with E-state index < -0.39 is 5.97 Å². The molecule has 1 amide bonds. The van der Waals surface area contributed by atoms with Crippen molar-refractivity contribution in [2.45, 2.75) is 32.6 Å². The normalized spacial score (nSPS) is 9.93. The van der Waals surface area contributed by atoms with Crippen LogP contribution in [0, 0.1) is 0 Å². The van der Waals surface area contributed by atoms with E-state index in [-0.39, 0.29) is 18.9 Å². The summed E-state index contributed by atoms with van der Waals surface area (Å²) in [6.07, 6.45) is 2.50. The number of hydrogen-bond acceptors (Lipinski definition) is 3. The summed E-state index contributed by atoms with van der Waals surface area (Å²) in [5.74, 6) is -0.884. The second-order valence-electron chi connectivity index (χ2n) is 3.19. The van der Waals surface area contributed by atoms with Crippen molar-refractivity contribution in [2.24, 2.45) is 0 Å². The molecule has 0 spiro atoms. The van der Waals surface area contributed by atoms with Gasteiger partial charge in [-0.25, -0.2) is 0 Å². The van der Waals surface area contributed by atoms with E-state index in [1.54, 1.807) is 0 Å². The molecule has 0 bridgehead atoms. The average Bonchev–Trinajstić information content (AvgIpc) is 2.19. The Morgan fingerprint density at radius 3 is 2.60 bits per heavy atom. The van der Waals surface area contributed by atoms with Crippen molar-refractivity contribution < 1.29 is 19.4 Å². The molecule has 0 unspecified atom stereocenters. The minimum atomic E-state index is -0.768. The van der Waals surface area contributed by atoms with Gasteiger partial charge in [0.1, 0.15) is 6.61 Å². The molecule has 0 saturated heterocycles. The number of aliphatic carboxylic acids is 1. The van der Waals surface area contributed by atoms with E-state index in [9.17, 15) is 9.59 Å². The third-order valence-corrected chi connectivity index (χ3v) is 1.83. The molecule has 88 valence electrons. The van der Waals surface area contributed by atoms with Crippen molar-refractivity contribution >= 4 is 11.9 Å². The van der Waals surface area contributed by atoms with Gasteiger partial charge in [0.2, 0.25) is 5.91 Å². The van der Waals surface area contributed by atoms with Crippen LogP contribution in [0.1, 0.15) is 32.6 Å². The van der Waals surface area contributed by atoms with Crippen LogP contribution in [-0.2, 0) is 14.3 Å². The second-order valence-corrected chi connectivity index (χ2v) is 3.19. The maximum atomic E-state index is 11.0. The Bertz CT molecular complexity index is 194. The van der Waals surface area contributed by atoms with Gasteiger partial charge in [0, 0.05) is 19.6 Å². The summed E-state index contributed by atoms with van der Waals surface area (Å²) >= 11 is 0. The largest absolute Gasteiger partial charge is 0.481 e. The highest BCUT2D eigenvalue weighted by atomic mass is 16.5. The molecule has 5 heteroatoms. The third kappa shape index (κ3) is 10.8. The highest BCUT2D eigenvalue weighted by Gasteiger charge is 2.00. The smallest absolute Gasteiger partial charge is 0.303 e. The zero-order valence-corrected chi connectivity index (χ0v) is 9.12. The van der Waals surface area contributed by atoms with Gasteiger partial charge in [0.05, 0.1) is 0 Å². The SMILES string of the molecule is CCOCC(=O)NCCCCCC(=O)O. The van der Waals surface area contributed by atoms with Gasteiger partial charge in [-0.1, -0.05) is 6.42 Å². The lowest BCUT2D eigenvalue weighted by Gasteiger charge is -2.04. The van der Waals surface area contributed by atoms with E-state index in [1.807, 2.05) is 6.92 Å². The van der Waals surface area contributed by atoms with Crippen molar-refractivity contribution in [2.75, 3.05) is 19.8 Å². The Hall–Kier alpha value is -1.10. The second kappa shape index (κ2) is 9.45.